The van der Waals surface area contributed by atoms with E-state index < -0.39 is 5.60 Å². The molecule has 0 aliphatic rings. The number of nitrogens with two attached hydrogens (primary N) is 1. The van der Waals surface area contributed by atoms with Crippen LogP contribution in [0.25, 0.3) is 11.1 Å². The van der Waals surface area contributed by atoms with Gasteiger partial charge in [-0.05, 0) is 37.1 Å². The Hall–Kier alpha value is -1.35. The van der Waals surface area contributed by atoms with E-state index in [0.29, 0.717) is 13.0 Å². The molecule has 0 spiro atoms. The molecule has 0 heterocycles. The molecular formula is C16H18ClNO. The summed E-state index contributed by atoms with van der Waals surface area (Å²) in [5.41, 5.74) is 7.54. The Morgan fingerprint density at radius 1 is 1.11 bits per heavy atom. The van der Waals surface area contributed by atoms with E-state index in [2.05, 4.69) is 0 Å². The normalized spacial score (nSPS) is 14.1. The SMILES string of the molecule is CC(O)(CCN)c1ccc(-c2ccccc2Cl)cc1. The minimum absolute atomic E-state index is 0.458. The Morgan fingerprint density at radius 3 is 2.32 bits per heavy atom. The maximum Gasteiger partial charge on any atom is 0.0880 e. The molecule has 2 nitrogen and oxygen atoms in total. The summed E-state index contributed by atoms with van der Waals surface area (Å²) in [4.78, 5) is 0. The first kappa shape index (κ1) is 14.1. The maximum atomic E-state index is 10.3. The van der Waals surface area contributed by atoms with E-state index in [4.69, 9.17) is 17.3 Å². The summed E-state index contributed by atoms with van der Waals surface area (Å²) < 4.78 is 0. The van der Waals surface area contributed by atoms with Crippen LogP contribution in [0.15, 0.2) is 48.5 Å². The molecule has 0 aliphatic carbocycles. The Labute approximate surface area is 118 Å². The molecule has 1 unspecified atom stereocenters. The van der Waals surface area contributed by atoms with Gasteiger partial charge >= 0.3 is 0 Å². The number of hydrogen-bond acceptors (Lipinski definition) is 2. The number of aliphatic hydroxyl groups is 1. The van der Waals surface area contributed by atoms with E-state index in [0.717, 1.165) is 21.7 Å². The molecule has 0 saturated heterocycles. The molecule has 2 aromatic rings. The van der Waals surface area contributed by atoms with Gasteiger partial charge in [-0.15, -0.1) is 0 Å². The summed E-state index contributed by atoms with van der Waals surface area (Å²) in [5, 5.41) is 11.0. The van der Waals surface area contributed by atoms with Crippen molar-refractivity contribution in [2.24, 2.45) is 5.73 Å². The molecule has 2 rings (SSSR count). The maximum absolute atomic E-state index is 10.3. The Bertz CT molecular complexity index is 549. The van der Waals surface area contributed by atoms with Crippen LogP contribution in [0, 0.1) is 0 Å². The fraction of sp³-hybridized carbons (Fsp3) is 0.250. The quantitative estimate of drug-likeness (QED) is 0.896. The van der Waals surface area contributed by atoms with Gasteiger partial charge in [-0.1, -0.05) is 54.1 Å². The monoisotopic (exact) mass is 275 g/mol. The molecular weight excluding hydrogens is 258 g/mol. The molecule has 3 heteroatoms. The zero-order chi connectivity index (χ0) is 13.9. The van der Waals surface area contributed by atoms with Gasteiger partial charge in [0.2, 0.25) is 0 Å². The largest absolute Gasteiger partial charge is 0.385 e. The van der Waals surface area contributed by atoms with Crippen LogP contribution in [0.5, 0.6) is 0 Å². The number of hydrogen-bond donors (Lipinski definition) is 2. The van der Waals surface area contributed by atoms with Crippen LogP contribution in [0.4, 0.5) is 0 Å². The van der Waals surface area contributed by atoms with Crippen molar-refractivity contribution in [2.45, 2.75) is 18.9 Å². The summed E-state index contributed by atoms with van der Waals surface area (Å²) in [5.74, 6) is 0. The zero-order valence-electron chi connectivity index (χ0n) is 10.9. The molecule has 0 fully saturated rings. The van der Waals surface area contributed by atoms with Crippen molar-refractivity contribution in [1.29, 1.82) is 0 Å². The second-order valence-corrected chi connectivity index (χ2v) is 5.28. The fourth-order valence-corrected chi connectivity index (χ4v) is 2.37. The summed E-state index contributed by atoms with van der Waals surface area (Å²) >= 11 is 6.17. The Balaban J connectivity index is 2.31. The number of rotatable bonds is 4. The number of halogens is 1. The molecule has 0 radical (unpaired) electrons. The van der Waals surface area contributed by atoms with E-state index in [-0.39, 0.29) is 0 Å². The van der Waals surface area contributed by atoms with Crippen molar-refractivity contribution < 1.29 is 5.11 Å². The third-order valence-corrected chi connectivity index (χ3v) is 3.65. The predicted octanol–water partition coefficient (Wildman–Crippen LogP) is 3.56. The third-order valence-electron chi connectivity index (χ3n) is 3.32. The van der Waals surface area contributed by atoms with Gasteiger partial charge in [0.05, 0.1) is 5.60 Å². The van der Waals surface area contributed by atoms with Gasteiger partial charge in [0.1, 0.15) is 0 Å². The lowest BCUT2D eigenvalue weighted by Gasteiger charge is -2.23. The molecule has 1 atom stereocenters. The first-order valence-electron chi connectivity index (χ1n) is 6.32. The van der Waals surface area contributed by atoms with Crippen molar-refractivity contribution in [1.82, 2.24) is 0 Å². The fourth-order valence-electron chi connectivity index (χ4n) is 2.13. The lowest BCUT2D eigenvalue weighted by atomic mass is 9.91. The second-order valence-electron chi connectivity index (χ2n) is 4.87. The highest BCUT2D eigenvalue weighted by Crippen LogP contribution is 2.30. The smallest absolute Gasteiger partial charge is 0.0880 e. The Kier molecular flexibility index (Phi) is 4.25. The van der Waals surface area contributed by atoms with Gasteiger partial charge < -0.3 is 10.8 Å². The van der Waals surface area contributed by atoms with Gasteiger partial charge in [0, 0.05) is 10.6 Å². The molecule has 0 amide bonds. The van der Waals surface area contributed by atoms with E-state index in [9.17, 15) is 5.11 Å². The van der Waals surface area contributed by atoms with Crippen LogP contribution < -0.4 is 5.73 Å². The minimum Gasteiger partial charge on any atom is -0.385 e. The lowest BCUT2D eigenvalue weighted by molar-refractivity contribution is 0.0504. The summed E-state index contributed by atoms with van der Waals surface area (Å²) in [6.07, 6.45) is 0.540. The summed E-state index contributed by atoms with van der Waals surface area (Å²) in [7, 11) is 0. The van der Waals surface area contributed by atoms with Crippen molar-refractivity contribution in [3.8, 4) is 11.1 Å². The highest BCUT2D eigenvalue weighted by atomic mass is 35.5. The van der Waals surface area contributed by atoms with Crippen LogP contribution in [0.2, 0.25) is 5.02 Å². The molecule has 0 saturated carbocycles. The average Bonchev–Trinajstić information content (AvgIpc) is 2.39. The van der Waals surface area contributed by atoms with Gasteiger partial charge in [0.25, 0.3) is 0 Å². The van der Waals surface area contributed by atoms with Crippen LogP contribution in [-0.2, 0) is 5.60 Å². The topological polar surface area (TPSA) is 46.2 Å². The molecule has 0 bridgehead atoms. The molecule has 2 aromatic carbocycles. The standard InChI is InChI=1S/C16H18ClNO/c1-16(19,10-11-18)13-8-6-12(7-9-13)14-4-2-3-5-15(14)17/h2-9,19H,10-11,18H2,1H3. The van der Waals surface area contributed by atoms with E-state index >= 15 is 0 Å². The molecule has 0 aliphatic heterocycles. The summed E-state index contributed by atoms with van der Waals surface area (Å²) in [6.45, 7) is 2.24. The van der Waals surface area contributed by atoms with Crippen molar-refractivity contribution >= 4 is 11.6 Å². The third kappa shape index (κ3) is 3.16. The van der Waals surface area contributed by atoms with Crippen LogP contribution in [0.3, 0.4) is 0 Å². The second kappa shape index (κ2) is 5.74. The molecule has 100 valence electrons. The molecule has 0 aromatic heterocycles. The van der Waals surface area contributed by atoms with Crippen molar-refractivity contribution in [2.75, 3.05) is 6.54 Å². The number of benzene rings is 2. The van der Waals surface area contributed by atoms with Gasteiger partial charge in [-0.2, -0.15) is 0 Å². The van der Waals surface area contributed by atoms with Crippen LogP contribution in [-0.4, -0.2) is 11.7 Å². The van der Waals surface area contributed by atoms with E-state index in [1.807, 2.05) is 48.5 Å². The first-order valence-corrected chi connectivity index (χ1v) is 6.70. The summed E-state index contributed by atoms with van der Waals surface area (Å²) in [6, 6.07) is 15.5. The van der Waals surface area contributed by atoms with E-state index in [1.165, 1.54) is 0 Å². The minimum atomic E-state index is -0.881. The van der Waals surface area contributed by atoms with Gasteiger partial charge in [0.15, 0.2) is 0 Å². The highest BCUT2D eigenvalue weighted by molar-refractivity contribution is 6.33. The highest BCUT2D eigenvalue weighted by Gasteiger charge is 2.21. The first-order chi connectivity index (χ1) is 9.04. The van der Waals surface area contributed by atoms with Gasteiger partial charge in [-0.3, -0.25) is 0 Å². The molecule has 3 N–H and O–H groups in total. The predicted molar refractivity (Wildman–Crippen MR) is 80.1 cm³/mol. The van der Waals surface area contributed by atoms with Crippen molar-refractivity contribution in [3.63, 3.8) is 0 Å². The average molecular weight is 276 g/mol. The van der Waals surface area contributed by atoms with Crippen molar-refractivity contribution in [3.05, 3.63) is 59.1 Å². The van der Waals surface area contributed by atoms with E-state index in [1.54, 1.807) is 6.92 Å². The van der Waals surface area contributed by atoms with Crippen LogP contribution >= 0.6 is 11.6 Å². The molecule has 19 heavy (non-hydrogen) atoms. The van der Waals surface area contributed by atoms with Gasteiger partial charge in [-0.25, -0.2) is 0 Å². The zero-order valence-corrected chi connectivity index (χ0v) is 11.7. The lowest BCUT2D eigenvalue weighted by Crippen LogP contribution is -2.24. The van der Waals surface area contributed by atoms with Crippen LogP contribution in [0.1, 0.15) is 18.9 Å². The Morgan fingerprint density at radius 2 is 1.74 bits per heavy atom.